The van der Waals surface area contributed by atoms with Crippen LogP contribution in [0.3, 0.4) is 0 Å². The van der Waals surface area contributed by atoms with E-state index in [-0.39, 0.29) is 11.1 Å². The smallest absolute Gasteiger partial charge is 0.129 e. The Bertz CT molecular complexity index is 347. The number of benzene rings is 1. The lowest BCUT2D eigenvalue weighted by Gasteiger charge is -2.12. The van der Waals surface area contributed by atoms with Crippen LogP contribution in [-0.4, -0.2) is 0 Å². The predicted octanol–water partition coefficient (Wildman–Crippen LogP) is 2.55. The van der Waals surface area contributed by atoms with Crippen LogP contribution in [0.1, 0.15) is 29.5 Å². The van der Waals surface area contributed by atoms with Gasteiger partial charge in [0.05, 0.1) is 0 Å². The summed E-state index contributed by atoms with van der Waals surface area (Å²) < 4.78 is 25.8. The van der Waals surface area contributed by atoms with Gasteiger partial charge in [0.25, 0.3) is 0 Å². The van der Waals surface area contributed by atoms with Gasteiger partial charge in [-0.05, 0) is 37.0 Å². The number of halogens is 2. The first kappa shape index (κ1) is 9.59. The quantitative estimate of drug-likeness (QED) is 0.774. The molecule has 1 aromatic rings. The number of nitrogens with two attached hydrogens (primary N) is 1. The summed E-state index contributed by atoms with van der Waals surface area (Å²) in [6, 6.07) is 3.17. The fraction of sp³-hybridized carbons (Fsp3) is 0.455. The van der Waals surface area contributed by atoms with Crippen LogP contribution < -0.4 is 5.73 Å². The molecule has 2 rings (SSSR count). The van der Waals surface area contributed by atoms with Crippen molar-refractivity contribution in [1.29, 1.82) is 0 Å². The number of aryl methyl sites for hydroxylation is 1. The first-order chi connectivity index (χ1) is 6.57. The van der Waals surface area contributed by atoms with Crippen molar-refractivity contribution in [2.45, 2.75) is 32.0 Å². The highest BCUT2D eigenvalue weighted by molar-refractivity contribution is 5.38. The molecule has 76 valence electrons. The maximum atomic E-state index is 13.4. The van der Waals surface area contributed by atoms with Gasteiger partial charge in [-0.25, -0.2) is 8.78 Å². The van der Waals surface area contributed by atoms with Gasteiger partial charge in [0.1, 0.15) is 12.5 Å². The highest BCUT2D eigenvalue weighted by Gasteiger charge is 2.40. The van der Waals surface area contributed by atoms with Crippen molar-refractivity contribution in [1.82, 2.24) is 0 Å². The third-order valence-corrected chi connectivity index (χ3v) is 2.92. The molecule has 3 heteroatoms. The zero-order chi connectivity index (χ0) is 10.3. The molecule has 0 radical (unpaired) electrons. The molecule has 0 bridgehead atoms. The Balaban J connectivity index is 2.47. The Morgan fingerprint density at radius 1 is 1.43 bits per heavy atom. The fourth-order valence-corrected chi connectivity index (χ4v) is 1.65. The van der Waals surface area contributed by atoms with E-state index in [1.165, 1.54) is 6.07 Å². The zero-order valence-corrected chi connectivity index (χ0v) is 8.11. The Hall–Kier alpha value is -0.960. The summed E-state index contributed by atoms with van der Waals surface area (Å²) in [7, 11) is 0. The highest BCUT2D eigenvalue weighted by Crippen LogP contribution is 2.43. The van der Waals surface area contributed by atoms with Gasteiger partial charge in [0.2, 0.25) is 0 Å². The van der Waals surface area contributed by atoms with E-state index in [1.54, 1.807) is 13.0 Å². The lowest BCUT2D eigenvalue weighted by atomic mass is 9.99. The molecule has 1 aliphatic carbocycles. The van der Waals surface area contributed by atoms with E-state index < -0.39 is 12.5 Å². The van der Waals surface area contributed by atoms with Gasteiger partial charge in [-0.1, -0.05) is 6.07 Å². The fourth-order valence-electron chi connectivity index (χ4n) is 1.65. The molecular weight excluding hydrogens is 184 g/mol. The van der Waals surface area contributed by atoms with Crippen LogP contribution in [0.2, 0.25) is 0 Å². The zero-order valence-electron chi connectivity index (χ0n) is 8.11. The van der Waals surface area contributed by atoms with Crippen molar-refractivity contribution in [3.63, 3.8) is 0 Å². The number of rotatable bonds is 2. The maximum absolute atomic E-state index is 13.4. The third kappa shape index (κ3) is 1.42. The molecule has 1 aromatic carbocycles. The molecule has 0 aromatic heterocycles. The van der Waals surface area contributed by atoms with E-state index in [2.05, 4.69) is 0 Å². The van der Waals surface area contributed by atoms with Crippen molar-refractivity contribution in [3.05, 3.63) is 34.6 Å². The van der Waals surface area contributed by atoms with Crippen molar-refractivity contribution in [3.8, 4) is 0 Å². The van der Waals surface area contributed by atoms with Gasteiger partial charge in [-0.2, -0.15) is 0 Å². The molecule has 0 saturated heterocycles. The Labute approximate surface area is 81.9 Å². The minimum Gasteiger partial charge on any atom is -0.321 e. The molecule has 0 atom stereocenters. The van der Waals surface area contributed by atoms with Gasteiger partial charge in [-0.3, -0.25) is 0 Å². The lowest BCUT2D eigenvalue weighted by molar-refractivity contribution is 0.460. The van der Waals surface area contributed by atoms with Crippen LogP contribution in [0, 0.1) is 12.7 Å². The molecule has 0 aliphatic heterocycles. The van der Waals surface area contributed by atoms with Gasteiger partial charge in [0, 0.05) is 11.1 Å². The number of alkyl halides is 1. The van der Waals surface area contributed by atoms with E-state index in [9.17, 15) is 8.78 Å². The molecule has 0 unspecified atom stereocenters. The maximum Gasteiger partial charge on any atom is 0.129 e. The average molecular weight is 197 g/mol. The monoisotopic (exact) mass is 197 g/mol. The Kier molecular flexibility index (Phi) is 2.07. The normalized spacial score (nSPS) is 18.3. The van der Waals surface area contributed by atoms with E-state index in [1.807, 2.05) is 0 Å². The van der Waals surface area contributed by atoms with Crippen molar-refractivity contribution >= 4 is 0 Å². The summed E-state index contributed by atoms with van der Waals surface area (Å²) >= 11 is 0. The van der Waals surface area contributed by atoms with E-state index in [0.717, 1.165) is 18.4 Å². The van der Waals surface area contributed by atoms with Crippen molar-refractivity contribution in [2.75, 3.05) is 0 Å². The molecule has 2 N–H and O–H groups in total. The standard InChI is InChI=1S/C11H13F2N/c1-7-4-8(11(14)2-3-11)5-10(13)9(7)6-12/h4-5H,2-3,6,14H2,1H3. The minimum absolute atomic E-state index is 0.151. The van der Waals surface area contributed by atoms with Crippen molar-refractivity contribution in [2.24, 2.45) is 5.73 Å². The topological polar surface area (TPSA) is 26.0 Å². The molecule has 14 heavy (non-hydrogen) atoms. The van der Waals surface area contributed by atoms with E-state index in [0.29, 0.717) is 5.56 Å². The molecule has 0 amide bonds. The van der Waals surface area contributed by atoms with Crippen LogP contribution in [-0.2, 0) is 12.2 Å². The SMILES string of the molecule is Cc1cc(C2(N)CC2)cc(F)c1CF. The van der Waals surface area contributed by atoms with Gasteiger partial charge < -0.3 is 5.73 Å². The molecule has 0 heterocycles. The van der Waals surface area contributed by atoms with Crippen LogP contribution in [0.4, 0.5) is 8.78 Å². The number of hydrogen-bond donors (Lipinski definition) is 1. The van der Waals surface area contributed by atoms with Crippen molar-refractivity contribution < 1.29 is 8.78 Å². The Morgan fingerprint density at radius 3 is 2.50 bits per heavy atom. The summed E-state index contributed by atoms with van der Waals surface area (Å²) in [5.74, 6) is -0.473. The van der Waals surface area contributed by atoms with E-state index >= 15 is 0 Å². The Morgan fingerprint density at radius 2 is 2.07 bits per heavy atom. The minimum atomic E-state index is -0.754. The van der Waals surface area contributed by atoms with Crippen LogP contribution >= 0.6 is 0 Å². The summed E-state index contributed by atoms with van der Waals surface area (Å²) in [5, 5.41) is 0. The summed E-state index contributed by atoms with van der Waals surface area (Å²) in [6.07, 6.45) is 1.78. The molecule has 1 fully saturated rings. The largest absolute Gasteiger partial charge is 0.321 e. The van der Waals surface area contributed by atoms with E-state index in [4.69, 9.17) is 5.73 Å². The average Bonchev–Trinajstić information content (AvgIpc) is 2.84. The van der Waals surface area contributed by atoms with Crippen LogP contribution in [0.5, 0.6) is 0 Å². The summed E-state index contributed by atoms with van der Waals surface area (Å²) in [5.41, 5.74) is 7.19. The predicted molar refractivity (Wildman–Crippen MR) is 51.0 cm³/mol. The second-order valence-corrected chi connectivity index (χ2v) is 4.04. The lowest BCUT2D eigenvalue weighted by Crippen LogP contribution is -2.19. The highest BCUT2D eigenvalue weighted by atomic mass is 19.1. The van der Waals surface area contributed by atoms with Gasteiger partial charge >= 0.3 is 0 Å². The number of hydrogen-bond acceptors (Lipinski definition) is 1. The molecule has 1 aliphatic rings. The molecular formula is C11H13F2N. The third-order valence-electron chi connectivity index (χ3n) is 2.92. The molecule has 1 nitrogen and oxygen atoms in total. The van der Waals surface area contributed by atoms with Gasteiger partial charge in [-0.15, -0.1) is 0 Å². The summed E-state index contributed by atoms with van der Waals surface area (Å²) in [6.45, 7) is 0.961. The second-order valence-electron chi connectivity index (χ2n) is 4.04. The second kappa shape index (κ2) is 3.02. The molecule has 1 saturated carbocycles. The summed E-state index contributed by atoms with van der Waals surface area (Å²) in [4.78, 5) is 0. The first-order valence-corrected chi connectivity index (χ1v) is 4.71. The van der Waals surface area contributed by atoms with Crippen LogP contribution in [0.15, 0.2) is 12.1 Å². The molecule has 0 spiro atoms. The first-order valence-electron chi connectivity index (χ1n) is 4.71. The van der Waals surface area contributed by atoms with Crippen LogP contribution in [0.25, 0.3) is 0 Å². The van der Waals surface area contributed by atoms with Gasteiger partial charge in [0.15, 0.2) is 0 Å².